The predicted octanol–water partition coefficient (Wildman–Crippen LogP) is 1.42. The number of cyclic esters (lactones) is 2. The number of carbonyl (C=O) groups excluding carboxylic acids is 1. The number of alkyl halides is 4. The van der Waals surface area contributed by atoms with Crippen LogP contribution in [-0.4, -0.2) is 31.2 Å². The number of hydrogen-bond acceptors (Lipinski definition) is 3. The van der Waals surface area contributed by atoms with Gasteiger partial charge in [0.05, 0.1) is 0 Å². The summed E-state index contributed by atoms with van der Waals surface area (Å²) in [7, 11) is 0. The van der Waals surface area contributed by atoms with Crippen LogP contribution in [-0.2, 0) is 9.47 Å². The third-order valence-electron chi connectivity index (χ3n) is 1.25. The van der Waals surface area contributed by atoms with Crippen molar-refractivity contribution in [3.63, 3.8) is 0 Å². The summed E-state index contributed by atoms with van der Waals surface area (Å²) in [4.78, 5) is 10.1. The van der Waals surface area contributed by atoms with E-state index in [0.717, 1.165) is 0 Å². The van der Waals surface area contributed by atoms with Gasteiger partial charge in [0.2, 0.25) is 6.10 Å². The van der Waals surface area contributed by atoms with Crippen molar-refractivity contribution < 1.29 is 31.8 Å². The van der Waals surface area contributed by atoms with Crippen LogP contribution >= 0.6 is 0 Å². The number of carbonyl (C=O) groups is 1. The molecule has 2 atom stereocenters. The predicted molar refractivity (Wildman–Crippen MR) is 27.2 cm³/mol. The topological polar surface area (TPSA) is 35.5 Å². The Balaban J connectivity index is 2.71. The molecule has 0 spiro atoms. The lowest BCUT2D eigenvalue weighted by atomic mass is 10.2. The monoisotopic (exact) mass is 188 g/mol. The standard InChI is InChI=1S/C5H4F4O3/c6-1-2(7)3-5(8,9)12-4(10)11-3/h2-3H,1H2. The summed E-state index contributed by atoms with van der Waals surface area (Å²) < 4.78 is 55.5. The highest BCUT2D eigenvalue weighted by Crippen LogP contribution is 2.33. The Kier molecular flexibility index (Phi) is 2.12. The van der Waals surface area contributed by atoms with Gasteiger partial charge in [-0.3, -0.25) is 0 Å². The summed E-state index contributed by atoms with van der Waals surface area (Å²) in [6.45, 7) is -1.66. The Morgan fingerprint density at radius 2 is 2.17 bits per heavy atom. The molecule has 0 aromatic heterocycles. The van der Waals surface area contributed by atoms with Gasteiger partial charge < -0.3 is 9.47 Å². The first-order valence-electron chi connectivity index (χ1n) is 2.95. The summed E-state index contributed by atoms with van der Waals surface area (Å²) in [5.74, 6) is 0. The van der Waals surface area contributed by atoms with Crippen LogP contribution in [0.1, 0.15) is 0 Å². The fourth-order valence-electron chi connectivity index (χ4n) is 0.731. The molecule has 0 aromatic carbocycles. The average molecular weight is 188 g/mol. The first-order valence-corrected chi connectivity index (χ1v) is 2.95. The van der Waals surface area contributed by atoms with Crippen LogP contribution in [0.4, 0.5) is 22.4 Å². The molecule has 2 unspecified atom stereocenters. The molecule has 1 rings (SSSR count). The van der Waals surface area contributed by atoms with Crippen molar-refractivity contribution in [1.29, 1.82) is 0 Å². The summed E-state index contributed by atoms with van der Waals surface area (Å²) in [5.41, 5.74) is 0. The third-order valence-corrected chi connectivity index (χ3v) is 1.25. The third kappa shape index (κ3) is 1.44. The van der Waals surface area contributed by atoms with Gasteiger partial charge in [-0.2, -0.15) is 8.78 Å². The molecule has 3 nitrogen and oxygen atoms in total. The molecule has 1 saturated heterocycles. The smallest absolute Gasteiger partial charge is 0.417 e. The fraction of sp³-hybridized carbons (Fsp3) is 0.800. The number of hydrogen-bond donors (Lipinski definition) is 0. The summed E-state index contributed by atoms with van der Waals surface area (Å²) in [6, 6.07) is 0. The van der Waals surface area contributed by atoms with E-state index in [1.165, 1.54) is 0 Å². The molecule has 0 radical (unpaired) electrons. The minimum absolute atomic E-state index is 1.66. The molecular weight excluding hydrogens is 184 g/mol. The molecule has 70 valence electrons. The van der Waals surface area contributed by atoms with Crippen LogP contribution in [0.5, 0.6) is 0 Å². The Hall–Kier alpha value is -1.01. The molecule has 7 heteroatoms. The Bertz CT molecular complexity index is 195. The first kappa shape index (κ1) is 9.08. The molecular formula is C5H4F4O3. The summed E-state index contributed by atoms with van der Waals surface area (Å²) in [6.07, 6.45) is -10.8. The zero-order chi connectivity index (χ0) is 9.35. The van der Waals surface area contributed by atoms with Crippen molar-refractivity contribution in [3.05, 3.63) is 0 Å². The highest BCUT2D eigenvalue weighted by atomic mass is 19.3. The second kappa shape index (κ2) is 2.80. The van der Waals surface area contributed by atoms with E-state index >= 15 is 0 Å². The molecule has 1 heterocycles. The second-order valence-electron chi connectivity index (χ2n) is 2.12. The van der Waals surface area contributed by atoms with E-state index in [2.05, 4.69) is 9.47 Å². The minimum Gasteiger partial charge on any atom is -0.417 e. The Labute approximate surface area is 64.2 Å². The fourth-order valence-corrected chi connectivity index (χ4v) is 0.731. The van der Waals surface area contributed by atoms with Gasteiger partial charge in [-0.1, -0.05) is 0 Å². The van der Waals surface area contributed by atoms with Gasteiger partial charge >= 0.3 is 12.3 Å². The average Bonchev–Trinajstić information content (AvgIpc) is 2.23. The lowest BCUT2D eigenvalue weighted by molar-refractivity contribution is -0.211. The molecule has 0 bridgehead atoms. The zero-order valence-electron chi connectivity index (χ0n) is 5.60. The molecule has 1 aliphatic heterocycles. The van der Waals surface area contributed by atoms with E-state index in [-0.39, 0.29) is 0 Å². The molecule has 1 aliphatic rings. The van der Waals surface area contributed by atoms with Crippen LogP contribution in [0.3, 0.4) is 0 Å². The maximum Gasteiger partial charge on any atom is 0.513 e. The lowest BCUT2D eigenvalue weighted by Crippen LogP contribution is -2.38. The van der Waals surface area contributed by atoms with Gasteiger partial charge in [-0.15, -0.1) is 0 Å². The molecule has 0 aliphatic carbocycles. The number of ether oxygens (including phenoxy) is 2. The van der Waals surface area contributed by atoms with Crippen LogP contribution in [0.25, 0.3) is 0 Å². The van der Waals surface area contributed by atoms with Crippen LogP contribution in [0.2, 0.25) is 0 Å². The van der Waals surface area contributed by atoms with E-state index < -0.39 is 31.2 Å². The largest absolute Gasteiger partial charge is 0.513 e. The Morgan fingerprint density at radius 1 is 1.58 bits per heavy atom. The van der Waals surface area contributed by atoms with Gasteiger partial charge in [0.1, 0.15) is 6.67 Å². The quantitative estimate of drug-likeness (QED) is 0.485. The highest BCUT2D eigenvalue weighted by molar-refractivity contribution is 5.62. The van der Waals surface area contributed by atoms with Gasteiger partial charge in [0.25, 0.3) is 0 Å². The van der Waals surface area contributed by atoms with Crippen molar-refractivity contribution in [2.45, 2.75) is 18.4 Å². The molecule has 12 heavy (non-hydrogen) atoms. The van der Waals surface area contributed by atoms with Crippen LogP contribution in [0, 0.1) is 0 Å². The van der Waals surface area contributed by atoms with Gasteiger partial charge in [0, 0.05) is 0 Å². The lowest BCUT2D eigenvalue weighted by Gasteiger charge is -2.14. The molecule has 0 amide bonds. The van der Waals surface area contributed by atoms with Crippen molar-refractivity contribution in [2.75, 3.05) is 6.67 Å². The number of halogens is 4. The normalized spacial score (nSPS) is 29.3. The van der Waals surface area contributed by atoms with E-state index in [1.807, 2.05) is 0 Å². The Morgan fingerprint density at radius 3 is 2.50 bits per heavy atom. The van der Waals surface area contributed by atoms with Gasteiger partial charge in [0.15, 0.2) is 6.17 Å². The highest BCUT2D eigenvalue weighted by Gasteiger charge is 2.57. The number of rotatable bonds is 2. The summed E-state index contributed by atoms with van der Waals surface area (Å²) >= 11 is 0. The van der Waals surface area contributed by atoms with Gasteiger partial charge in [-0.05, 0) is 0 Å². The van der Waals surface area contributed by atoms with E-state index in [1.54, 1.807) is 0 Å². The van der Waals surface area contributed by atoms with E-state index in [9.17, 15) is 22.4 Å². The molecule has 0 saturated carbocycles. The van der Waals surface area contributed by atoms with Crippen molar-refractivity contribution in [3.8, 4) is 0 Å². The van der Waals surface area contributed by atoms with Crippen LogP contribution < -0.4 is 0 Å². The van der Waals surface area contributed by atoms with Crippen molar-refractivity contribution in [1.82, 2.24) is 0 Å². The van der Waals surface area contributed by atoms with E-state index in [0.29, 0.717) is 0 Å². The van der Waals surface area contributed by atoms with Crippen molar-refractivity contribution >= 4 is 6.16 Å². The van der Waals surface area contributed by atoms with E-state index in [4.69, 9.17) is 0 Å². The first-order chi connectivity index (χ1) is 5.47. The zero-order valence-corrected chi connectivity index (χ0v) is 5.60. The minimum atomic E-state index is -4.08. The molecule has 0 N–H and O–H groups in total. The maximum absolute atomic E-state index is 12.3. The summed E-state index contributed by atoms with van der Waals surface area (Å²) in [5, 5.41) is 0. The van der Waals surface area contributed by atoms with Gasteiger partial charge in [-0.25, -0.2) is 13.6 Å². The SMILES string of the molecule is O=C1OC(C(F)CF)C(F)(F)O1. The molecule has 0 aromatic rings. The van der Waals surface area contributed by atoms with Crippen LogP contribution in [0.15, 0.2) is 0 Å². The maximum atomic E-state index is 12.3. The molecule has 1 fully saturated rings. The second-order valence-corrected chi connectivity index (χ2v) is 2.12. The van der Waals surface area contributed by atoms with Crippen molar-refractivity contribution in [2.24, 2.45) is 0 Å².